The Labute approximate surface area is 113 Å². The molecule has 0 fully saturated rings. The standard InChI is InChI=1S/C13H21NO5/c1-7-9(19-12(17)13(3,4)5)10(11(16)18-6)14-8(2)15/h7H2,1-6H3,(H,14,15)/b10-9+. The molecule has 0 atom stereocenters. The summed E-state index contributed by atoms with van der Waals surface area (Å²) in [6.45, 7) is 8.04. The zero-order valence-corrected chi connectivity index (χ0v) is 12.2. The summed E-state index contributed by atoms with van der Waals surface area (Å²) in [5.41, 5.74) is -0.854. The number of esters is 2. The van der Waals surface area contributed by atoms with Crippen LogP contribution in [0.5, 0.6) is 0 Å². The van der Waals surface area contributed by atoms with Crippen LogP contribution in [-0.4, -0.2) is 25.0 Å². The Morgan fingerprint density at radius 1 is 1.16 bits per heavy atom. The normalized spacial score (nSPS) is 12.3. The lowest BCUT2D eigenvalue weighted by atomic mass is 9.97. The van der Waals surface area contributed by atoms with Gasteiger partial charge in [0.2, 0.25) is 5.91 Å². The summed E-state index contributed by atoms with van der Waals surface area (Å²) in [7, 11) is 1.18. The molecule has 0 aliphatic rings. The van der Waals surface area contributed by atoms with Crippen LogP contribution in [0, 0.1) is 5.41 Å². The summed E-state index contributed by atoms with van der Waals surface area (Å²) in [6, 6.07) is 0. The zero-order valence-electron chi connectivity index (χ0n) is 12.2. The molecule has 19 heavy (non-hydrogen) atoms. The first-order chi connectivity index (χ1) is 8.63. The van der Waals surface area contributed by atoms with Gasteiger partial charge in [0.05, 0.1) is 12.5 Å². The molecule has 0 heterocycles. The number of amides is 1. The summed E-state index contributed by atoms with van der Waals surface area (Å²) in [5.74, 6) is -1.61. The van der Waals surface area contributed by atoms with Crippen molar-refractivity contribution in [1.82, 2.24) is 5.32 Å². The van der Waals surface area contributed by atoms with Gasteiger partial charge >= 0.3 is 11.9 Å². The number of allylic oxidation sites excluding steroid dienone is 1. The van der Waals surface area contributed by atoms with E-state index in [4.69, 9.17) is 4.74 Å². The fourth-order valence-corrected chi connectivity index (χ4v) is 1.08. The molecule has 0 rings (SSSR count). The Morgan fingerprint density at radius 2 is 1.68 bits per heavy atom. The molecule has 0 aromatic rings. The number of hydrogen-bond acceptors (Lipinski definition) is 5. The zero-order chi connectivity index (χ0) is 15.2. The lowest BCUT2D eigenvalue weighted by Crippen LogP contribution is -2.30. The summed E-state index contributed by atoms with van der Waals surface area (Å²) < 4.78 is 9.74. The molecule has 1 amide bonds. The molecular formula is C13H21NO5. The van der Waals surface area contributed by atoms with Crippen molar-refractivity contribution in [2.45, 2.75) is 41.0 Å². The van der Waals surface area contributed by atoms with Crippen molar-refractivity contribution in [2.75, 3.05) is 7.11 Å². The highest BCUT2D eigenvalue weighted by Gasteiger charge is 2.27. The third kappa shape index (κ3) is 5.54. The second-order valence-corrected chi connectivity index (χ2v) is 4.96. The van der Waals surface area contributed by atoms with E-state index in [1.165, 1.54) is 14.0 Å². The Balaban J connectivity index is 5.39. The number of rotatable bonds is 4. The van der Waals surface area contributed by atoms with Gasteiger partial charge in [0, 0.05) is 13.3 Å². The van der Waals surface area contributed by atoms with Crippen LogP contribution in [0.25, 0.3) is 0 Å². The molecule has 108 valence electrons. The maximum absolute atomic E-state index is 11.8. The SMILES string of the molecule is CC/C(OC(=O)C(C)(C)C)=C(\NC(C)=O)C(=O)OC. The summed E-state index contributed by atoms with van der Waals surface area (Å²) in [4.78, 5) is 34.5. The molecule has 0 saturated heterocycles. The quantitative estimate of drug-likeness (QED) is 0.476. The smallest absolute Gasteiger partial charge is 0.358 e. The number of carbonyl (C=O) groups excluding carboxylic acids is 3. The molecular weight excluding hydrogens is 250 g/mol. The van der Waals surface area contributed by atoms with E-state index >= 15 is 0 Å². The Bertz CT molecular complexity index is 404. The minimum Gasteiger partial charge on any atom is -0.464 e. The summed E-state index contributed by atoms with van der Waals surface area (Å²) >= 11 is 0. The van der Waals surface area contributed by atoms with E-state index in [9.17, 15) is 14.4 Å². The molecule has 1 N–H and O–H groups in total. The van der Waals surface area contributed by atoms with Crippen molar-refractivity contribution >= 4 is 17.8 Å². The monoisotopic (exact) mass is 271 g/mol. The third-order valence-electron chi connectivity index (χ3n) is 2.12. The van der Waals surface area contributed by atoms with Crippen molar-refractivity contribution in [2.24, 2.45) is 5.41 Å². The van der Waals surface area contributed by atoms with E-state index in [-0.39, 0.29) is 17.9 Å². The molecule has 0 saturated carbocycles. The Morgan fingerprint density at radius 3 is 2.00 bits per heavy atom. The third-order valence-corrected chi connectivity index (χ3v) is 2.12. The van der Waals surface area contributed by atoms with Crippen LogP contribution < -0.4 is 5.32 Å². The summed E-state index contributed by atoms with van der Waals surface area (Å²) in [5, 5.41) is 2.33. The lowest BCUT2D eigenvalue weighted by molar-refractivity contribution is -0.149. The molecule has 6 nitrogen and oxygen atoms in total. The fourth-order valence-electron chi connectivity index (χ4n) is 1.08. The van der Waals surface area contributed by atoms with Gasteiger partial charge in [-0.1, -0.05) is 6.92 Å². The second kappa shape index (κ2) is 6.92. The van der Waals surface area contributed by atoms with Gasteiger partial charge in [-0.3, -0.25) is 9.59 Å². The molecule has 0 aromatic heterocycles. The Kier molecular flexibility index (Phi) is 6.24. The van der Waals surface area contributed by atoms with E-state index in [1.54, 1.807) is 27.7 Å². The van der Waals surface area contributed by atoms with Gasteiger partial charge in [0.15, 0.2) is 5.70 Å². The van der Waals surface area contributed by atoms with E-state index in [1.807, 2.05) is 0 Å². The van der Waals surface area contributed by atoms with Crippen LogP contribution in [0.1, 0.15) is 41.0 Å². The van der Waals surface area contributed by atoms with Gasteiger partial charge in [-0.05, 0) is 20.8 Å². The fraction of sp³-hybridized carbons (Fsp3) is 0.615. The van der Waals surface area contributed by atoms with Gasteiger partial charge in [-0.15, -0.1) is 0 Å². The Hall–Kier alpha value is -1.85. The largest absolute Gasteiger partial charge is 0.464 e. The lowest BCUT2D eigenvalue weighted by Gasteiger charge is -2.19. The van der Waals surface area contributed by atoms with Gasteiger partial charge in [0.1, 0.15) is 5.76 Å². The number of methoxy groups -OCH3 is 1. The topological polar surface area (TPSA) is 81.7 Å². The number of hydrogen-bond donors (Lipinski definition) is 1. The van der Waals surface area contributed by atoms with Gasteiger partial charge in [-0.25, -0.2) is 4.79 Å². The minimum absolute atomic E-state index is 0.0852. The maximum atomic E-state index is 11.8. The molecule has 0 aliphatic carbocycles. The van der Waals surface area contributed by atoms with E-state index < -0.39 is 23.3 Å². The van der Waals surface area contributed by atoms with Crippen LogP contribution in [-0.2, 0) is 23.9 Å². The van der Waals surface area contributed by atoms with Crippen molar-refractivity contribution in [1.29, 1.82) is 0 Å². The van der Waals surface area contributed by atoms with Gasteiger partial charge in [0.25, 0.3) is 0 Å². The average Bonchev–Trinajstić information content (AvgIpc) is 2.30. The van der Waals surface area contributed by atoms with Crippen LogP contribution in [0.3, 0.4) is 0 Å². The summed E-state index contributed by atoms with van der Waals surface area (Å²) in [6.07, 6.45) is 0.270. The van der Waals surface area contributed by atoms with E-state index in [0.29, 0.717) is 0 Å². The van der Waals surface area contributed by atoms with Crippen LogP contribution >= 0.6 is 0 Å². The first-order valence-electron chi connectivity index (χ1n) is 5.94. The molecule has 0 unspecified atom stereocenters. The van der Waals surface area contributed by atoms with Gasteiger partial charge in [-0.2, -0.15) is 0 Å². The molecule has 6 heteroatoms. The number of ether oxygens (including phenoxy) is 2. The van der Waals surface area contributed by atoms with Gasteiger partial charge < -0.3 is 14.8 Å². The van der Waals surface area contributed by atoms with Crippen LogP contribution in [0.4, 0.5) is 0 Å². The number of carbonyl (C=O) groups is 3. The molecule has 0 radical (unpaired) electrons. The van der Waals surface area contributed by atoms with Crippen molar-refractivity contribution in [3.63, 3.8) is 0 Å². The van der Waals surface area contributed by atoms with Crippen LogP contribution in [0.2, 0.25) is 0 Å². The second-order valence-electron chi connectivity index (χ2n) is 4.96. The number of nitrogens with one attached hydrogen (secondary N) is 1. The molecule has 0 aliphatic heterocycles. The highest BCUT2D eigenvalue weighted by atomic mass is 16.5. The first-order valence-corrected chi connectivity index (χ1v) is 5.94. The molecule has 0 aromatic carbocycles. The maximum Gasteiger partial charge on any atom is 0.358 e. The first kappa shape index (κ1) is 17.2. The van der Waals surface area contributed by atoms with Crippen molar-refractivity contribution in [3.8, 4) is 0 Å². The molecule has 0 spiro atoms. The van der Waals surface area contributed by atoms with E-state index in [0.717, 1.165) is 0 Å². The predicted molar refractivity (Wildman–Crippen MR) is 68.7 cm³/mol. The predicted octanol–water partition coefficient (Wildman–Crippen LogP) is 1.51. The van der Waals surface area contributed by atoms with E-state index in [2.05, 4.69) is 10.1 Å². The van der Waals surface area contributed by atoms with Crippen molar-refractivity contribution in [3.05, 3.63) is 11.5 Å². The minimum atomic E-state index is -0.756. The van der Waals surface area contributed by atoms with Crippen molar-refractivity contribution < 1.29 is 23.9 Å². The average molecular weight is 271 g/mol. The highest BCUT2D eigenvalue weighted by molar-refractivity contribution is 5.94. The molecule has 0 bridgehead atoms. The van der Waals surface area contributed by atoms with Crippen LogP contribution in [0.15, 0.2) is 11.5 Å². The highest BCUT2D eigenvalue weighted by Crippen LogP contribution is 2.20.